The first-order valence-corrected chi connectivity index (χ1v) is 4.68. The zero-order valence-corrected chi connectivity index (χ0v) is 8.53. The van der Waals surface area contributed by atoms with Gasteiger partial charge in [-0.3, -0.25) is 0 Å². The third kappa shape index (κ3) is 1.69. The molecule has 2 rings (SSSR count). The molecule has 0 unspecified atom stereocenters. The molecule has 0 fully saturated rings. The minimum absolute atomic E-state index is 0.468. The molecule has 1 N–H and O–H groups in total. The van der Waals surface area contributed by atoms with Crippen LogP contribution in [0.3, 0.4) is 0 Å². The number of halogens is 1. The van der Waals surface area contributed by atoms with Crippen molar-refractivity contribution >= 4 is 23.0 Å². The maximum atomic E-state index is 13.0. The van der Waals surface area contributed by atoms with Gasteiger partial charge in [-0.15, -0.1) is 0 Å². The summed E-state index contributed by atoms with van der Waals surface area (Å²) in [6.45, 7) is 1.67. The summed E-state index contributed by atoms with van der Waals surface area (Å²) in [5.74, 6) is -2.28. The van der Waals surface area contributed by atoms with Crippen molar-refractivity contribution < 1.29 is 18.7 Å². The summed E-state index contributed by atoms with van der Waals surface area (Å²) >= 11 is 0. The van der Waals surface area contributed by atoms with Gasteiger partial charge in [-0.05, 0) is 19.1 Å². The van der Waals surface area contributed by atoms with Crippen LogP contribution >= 0.6 is 0 Å². The lowest BCUT2D eigenvalue weighted by Gasteiger charge is -1.91. The van der Waals surface area contributed by atoms with Crippen LogP contribution in [0.1, 0.15) is 11.3 Å². The molecule has 0 saturated carbocycles. The number of fused-ring (bicyclic) bond motifs is 1. The SMILES string of the molecule is Cc1oc2ccccc2c1/C=C(/F)C(=O)O. The number of benzene rings is 1. The van der Waals surface area contributed by atoms with E-state index >= 15 is 0 Å². The van der Waals surface area contributed by atoms with E-state index < -0.39 is 11.8 Å². The molecule has 0 aliphatic heterocycles. The standard InChI is InChI=1S/C12H9FO3/c1-7-9(6-10(13)12(14)15)8-4-2-3-5-11(8)16-7/h2-6H,1H3,(H,14,15)/b10-6+. The van der Waals surface area contributed by atoms with Gasteiger partial charge in [-0.25, -0.2) is 4.79 Å². The highest BCUT2D eigenvalue weighted by Crippen LogP contribution is 2.27. The fraction of sp³-hybridized carbons (Fsp3) is 0.0833. The van der Waals surface area contributed by atoms with Gasteiger partial charge < -0.3 is 9.52 Å². The van der Waals surface area contributed by atoms with E-state index in [2.05, 4.69) is 0 Å². The van der Waals surface area contributed by atoms with Crippen molar-refractivity contribution in [1.29, 1.82) is 0 Å². The molecule has 0 bridgehead atoms. The highest BCUT2D eigenvalue weighted by atomic mass is 19.1. The predicted molar refractivity (Wildman–Crippen MR) is 57.7 cm³/mol. The summed E-state index contributed by atoms with van der Waals surface area (Å²) in [4.78, 5) is 10.4. The van der Waals surface area contributed by atoms with Crippen LogP contribution in [0.2, 0.25) is 0 Å². The summed E-state index contributed by atoms with van der Waals surface area (Å²) in [7, 11) is 0. The Morgan fingerprint density at radius 1 is 1.44 bits per heavy atom. The Morgan fingerprint density at radius 3 is 2.81 bits per heavy atom. The van der Waals surface area contributed by atoms with E-state index in [0.717, 1.165) is 6.08 Å². The molecule has 0 radical (unpaired) electrons. The number of carboxylic acids is 1. The molecule has 0 aliphatic carbocycles. The Balaban J connectivity index is 2.64. The minimum Gasteiger partial charge on any atom is -0.476 e. The molecule has 1 aromatic heterocycles. The third-order valence-electron chi connectivity index (χ3n) is 2.29. The molecule has 0 aliphatic rings. The van der Waals surface area contributed by atoms with Gasteiger partial charge in [0.15, 0.2) is 0 Å². The van der Waals surface area contributed by atoms with Crippen LogP contribution < -0.4 is 0 Å². The maximum absolute atomic E-state index is 13.0. The highest BCUT2D eigenvalue weighted by molar-refractivity contribution is 5.95. The quantitative estimate of drug-likeness (QED) is 0.791. The largest absolute Gasteiger partial charge is 0.476 e. The first kappa shape index (κ1) is 10.4. The highest BCUT2D eigenvalue weighted by Gasteiger charge is 2.12. The number of rotatable bonds is 2. The smallest absolute Gasteiger partial charge is 0.364 e. The van der Waals surface area contributed by atoms with Crippen molar-refractivity contribution in [1.82, 2.24) is 0 Å². The van der Waals surface area contributed by atoms with E-state index in [9.17, 15) is 9.18 Å². The van der Waals surface area contributed by atoms with Gasteiger partial charge in [0.1, 0.15) is 11.3 Å². The minimum atomic E-state index is -1.58. The lowest BCUT2D eigenvalue weighted by Crippen LogP contribution is -1.94. The van der Waals surface area contributed by atoms with Crippen molar-refractivity contribution in [2.75, 3.05) is 0 Å². The van der Waals surface area contributed by atoms with Crippen molar-refractivity contribution in [2.45, 2.75) is 6.92 Å². The molecule has 1 heterocycles. The van der Waals surface area contributed by atoms with E-state index in [1.165, 1.54) is 0 Å². The van der Waals surface area contributed by atoms with Gasteiger partial charge in [0, 0.05) is 10.9 Å². The van der Waals surface area contributed by atoms with E-state index in [0.29, 0.717) is 22.3 Å². The fourth-order valence-electron chi connectivity index (χ4n) is 1.56. The van der Waals surface area contributed by atoms with Gasteiger partial charge in [-0.1, -0.05) is 18.2 Å². The molecule has 4 heteroatoms. The number of carbonyl (C=O) groups is 1. The lowest BCUT2D eigenvalue weighted by molar-refractivity contribution is -0.134. The molecule has 0 amide bonds. The number of furan rings is 1. The number of hydrogen-bond donors (Lipinski definition) is 1. The molecular weight excluding hydrogens is 211 g/mol. The van der Waals surface area contributed by atoms with Gasteiger partial charge >= 0.3 is 5.97 Å². The topological polar surface area (TPSA) is 50.4 Å². The molecule has 3 nitrogen and oxygen atoms in total. The maximum Gasteiger partial charge on any atom is 0.364 e. The van der Waals surface area contributed by atoms with E-state index in [1.807, 2.05) is 0 Å². The van der Waals surface area contributed by atoms with Crippen molar-refractivity contribution in [3.63, 3.8) is 0 Å². The first-order valence-electron chi connectivity index (χ1n) is 4.68. The number of hydrogen-bond acceptors (Lipinski definition) is 2. The second kappa shape index (κ2) is 3.81. The van der Waals surface area contributed by atoms with Crippen molar-refractivity contribution in [2.24, 2.45) is 0 Å². The lowest BCUT2D eigenvalue weighted by atomic mass is 10.1. The van der Waals surface area contributed by atoms with E-state index in [4.69, 9.17) is 9.52 Å². The molecule has 0 atom stereocenters. The molecule has 82 valence electrons. The van der Waals surface area contributed by atoms with Gasteiger partial charge in [-0.2, -0.15) is 4.39 Å². The zero-order chi connectivity index (χ0) is 11.7. The third-order valence-corrected chi connectivity index (χ3v) is 2.29. The van der Waals surface area contributed by atoms with Gasteiger partial charge in [0.05, 0.1) is 0 Å². The first-order chi connectivity index (χ1) is 7.59. The molecular formula is C12H9FO3. The Bertz CT molecular complexity index is 581. The van der Waals surface area contributed by atoms with Crippen LogP contribution in [0, 0.1) is 6.92 Å². The van der Waals surface area contributed by atoms with Crippen LogP contribution in [0.15, 0.2) is 34.5 Å². The van der Waals surface area contributed by atoms with E-state index in [1.54, 1.807) is 31.2 Å². The van der Waals surface area contributed by atoms with Gasteiger partial charge in [0.2, 0.25) is 5.83 Å². The van der Waals surface area contributed by atoms with Gasteiger partial charge in [0.25, 0.3) is 0 Å². The van der Waals surface area contributed by atoms with Crippen LogP contribution in [0.4, 0.5) is 4.39 Å². The van der Waals surface area contributed by atoms with Crippen molar-refractivity contribution in [3.8, 4) is 0 Å². The Labute approximate surface area is 90.8 Å². The number of aryl methyl sites for hydroxylation is 1. The summed E-state index contributed by atoms with van der Waals surface area (Å²) in [5, 5.41) is 9.17. The predicted octanol–water partition coefficient (Wildman–Crippen LogP) is 3.14. The fourth-order valence-corrected chi connectivity index (χ4v) is 1.56. The Kier molecular flexibility index (Phi) is 2.48. The summed E-state index contributed by atoms with van der Waals surface area (Å²) in [6, 6.07) is 7.09. The number of aliphatic carboxylic acids is 1. The number of para-hydroxylation sites is 1. The molecule has 16 heavy (non-hydrogen) atoms. The monoisotopic (exact) mass is 220 g/mol. The summed E-state index contributed by atoms with van der Waals surface area (Å²) < 4.78 is 18.4. The normalized spacial score (nSPS) is 12.0. The van der Waals surface area contributed by atoms with Crippen molar-refractivity contribution in [3.05, 3.63) is 41.4 Å². The van der Waals surface area contributed by atoms with Crippen LogP contribution in [-0.4, -0.2) is 11.1 Å². The Morgan fingerprint density at radius 2 is 2.12 bits per heavy atom. The van der Waals surface area contributed by atoms with E-state index in [-0.39, 0.29) is 0 Å². The molecule has 1 aromatic carbocycles. The average molecular weight is 220 g/mol. The molecule has 2 aromatic rings. The van der Waals surface area contributed by atoms with Crippen LogP contribution in [0.25, 0.3) is 17.0 Å². The second-order valence-corrected chi connectivity index (χ2v) is 3.37. The number of carboxylic acid groups (broad SMARTS) is 1. The second-order valence-electron chi connectivity index (χ2n) is 3.37. The summed E-state index contributed by atoms with van der Waals surface area (Å²) in [6.07, 6.45) is 0.976. The van der Waals surface area contributed by atoms with Crippen LogP contribution in [-0.2, 0) is 4.79 Å². The summed E-state index contributed by atoms with van der Waals surface area (Å²) in [5.41, 5.74) is 1.08. The van der Waals surface area contributed by atoms with Crippen LogP contribution in [0.5, 0.6) is 0 Å². The molecule has 0 saturated heterocycles. The Hall–Kier alpha value is -2.10. The molecule has 0 spiro atoms. The average Bonchev–Trinajstić information content (AvgIpc) is 2.55. The zero-order valence-electron chi connectivity index (χ0n) is 8.53.